The molecule has 0 amide bonds. The van der Waals surface area contributed by atoms with Crippen LogP contribution in [0.25, 0.3) is 20.4 Å². The van der Waals surface area contributed by atoms with Gasteiger partial charge in [-0.15, -0.1) is 22.7 Å². The van der Waals surface area contributed by atoms with Gasteiger partial charge in [0.05, 0.1) is 41.1 Å². The lowest BCUT2D eigenvalue weighted by Gasteiger charge is -1.96. The molecule has 0 unspecified atom stereocenters. The van der Waals surface area contributed by atoms with Gasteiger partial charge in [0.25, 0.3) is 0 Å². The molecule has 0 aliphatic rings. The second kappa shape index (κ2) is 5.79. The molecule has 0 atom stereocenters. The zero-order valence-corrected chi connectivity index (χ0v) is 14.3. The summed E-state index contributed by atoms with van der Waals surface area (Å²) in [6.07, 6.45) is 0.753. The van der Waals surface area contributed by atoms with Crippen LogP contribution in [0.5, 0.6) is 11.5 Å². The lowest BCUT2D eigenvalue weighted by Crippen LogP contribution is -1.85. The van der Waals surface area contributed by atoms with Crippen LogP contribution in [0.3, 0.4) is 0 Å². The van der Waals surface area contributed by atoms with Gasteiger partial charge in [-0.3, -0.25) is 0 Å². The van der Waals surface area contributed by atoms with Crippen molar-refractivity contribution in [1.82, 2.24) is 9.97 Å². The van der Waals surface area contributed by atoms with Crippen LogP contribution < -0.4 is 9.47 Å². The minimum Gasteiger partial charge on any atom is -0.497 e. The van der Waals surface area contributed by atoms with E-state index in [0.29, 0.717) is 0 Å². The van der Waals surface area contributed by atoms with Gasteiger partial charge in [-0.2, -0.15) is 0 Å². The third-order valence-electron chi connectivity index (χ3n) is 3.58. The molecular weight excluding hydrogens is 328 g/mol. The molecule has 0 saturated carbocycles. The molecular formula is C17H14N2O2S2. The summed E-state index contributed by atoms with van der Waals surface area (Å²) in [6.45, 7) is 0. The molecule has 0 fully saturated rings. The minimum atomic E-state index is 0.753. The molecule has 23 heavy (non-hydrogen) atoms. The Labute approximate surface area is 141 Å². The maximum absolute atomic E-state index is 5.27. The Morgan fingerprint density at radius 2 is 1.26 bits per heavy atom. The van der Waals surface area contributed by atoms with Crippen molar-refractivity contribution in [2.75, 3.05) is 14.2 Å². The number of methoxy groups -OCH3 is 2. The maximum Gasteiger partial charge on any atom is 0.120 e. The van der Waals surface area contributed by atoms with Crippen LogP contribution in [0.15, 0.2) is 36.4 Å². The third kappa shape index (κ3) is 2.75. The van der Waals surface area contributed by atoms with Gasteiger partial charge in [0, 0.05) is 0 Å². The van der Waals surface area contributed by atoms with Gasteiger partial charge in [-0.25, -0.2) is 9.97 Å². The molecule has 2 aromatic carbocycles. The molecule has 0 saturated heterocycles. The first-order valence-corrected chi connectivity index (χ1v) is 8.75. The molecule has 4 rings (SSSR count). The van der Waals surface area contributed by atoms with E-state index in [1.165, 1.54) is 0 Å². The van der Waals surface area contributed by atoms with E-state index in [1.54, 1.807) is 36.9 Å². The lowest BCUT2D eigenvalue weighted by molar-refractivity contribution is 0.415. The topological polar surface area (TPSA) is 44.2 Å². The van der Waals surface area contributed by atoms with Crippen molar-refractivity contribution >= 4 is 43.1 Å². The van der Waals surface area contributed by atoms with Gasteiger partial charge in [-0.05, 0) is 36.4 Å². The number of thiazole rings is 2. The Balaban J connectivity index is 1.66. The molecule has 0 bridgehead atoms. The number of benzene rings is 2. The smallest absolute Gasteiger partial charge is 0.120 e. The van der Waals surface area contributed by atoms with Gasteiger partial charge in [0.15, 0.2) is 0 Å². The Bertz CT molecular complexity index is 911. The van der Waals surface area contributed by atoms with E-state index < -0.39 is 0 Å². The average molecular weight is 342 g/mol. The highest BCUT2D eigenvalue weighted by Crippen LogP contribution is 2.31. The molecule has 6 heteroatoms. The SMILES string of the molecule is COc1ccc2nc(Cc3nc4ccc(OC)cc4s3)sc2c1. The van der Waals surface area contributed by atoms with E-state index in [1.807, 2.05) is 36.4 Å². The quantitative estimate of drug-likeness (QED) is 0.547. The highest BCUT2D eigenvalue weighted by Gasteiger charge is 2.10. The molecule has 0 spiro atoms. The molecule has 2 aromatic heterocycles. The zero-order chi connectivity index (χ0) is 15.8. The van der Waals surface area contributed by atoms with Crippen molar-refractivity contribution < 1.29 is 9.47 Å². The van der Waals surface area contributed by atoms with Crippen LogP contribution in [0.1, 0.15) is 10.0 Å². The Morgan fingerprint density at radius 1 is 0.783 bits per heavy atom. The van der Waals surface area contributed by atoms with Crippen molar-refractivity contribution in [3.05, 3.63) is 46.4 Å². The first-order valence-electron chi connectivity index (χ1n) is 7.12. The van der Waals surface area contributed by atoms with Gasteiger partial charge < -0.3 is 9.47 Å². The van der Waals surface area contributed by atoms with Crippen molar-refractivity contribution in [3.63, 3.8) is 0 Å². The Kier molecular flexibility index (Phi) is 3.63. The van der Waals surface area contributed by atoms with Crippen molar-refractivity contribution in [3.8, 4) is 11.5 Å². The fourth-order valence-corrected chi connectivity index (χ4v) is 4.53. The Morgan fingerprint density at radius 3 is 1.70 bits per heavy atom. The summed E-state index contributed by atoms with van der Waals surface area (Å²) in [5.41, 5.74) is 2.02. The highest BCUT2D eigenvalue weighted by atomic mass is 32.1. The molecule has 4 aromatic rings. The van der Waals surface area contributed by atoms with Crippen molar-refractivity contribution in [2.45, 2.75) is 6.42 Å². The second-order valence-corrected chi connectivity index (χ2v) is 7.29. The first-order chi connectivity index (χ1) is 11.2. The molecule has 0 aliphatic carbocycles. The number of nitrogens with zero attached hydrogens (tertiary/aromatic N) is 2. The normalized spacial score (nSPS) is 11.2. The molecule has 0 N–H and O–H groups in total. The molecule has 0 aliphatic heterocycles. The van der Waals surface area contributed by atoms with E-state index in [2.05, 4.69) is 0 Å². The number of hydrogen-bond acceptors (Lipinski definition) is 6. The summed E-state index contributed by atoms with van der Waals surface area (Å²) >= 11 is 3.38. The average Bonchev–Trinajstić information content (AvgIpc) is 3.15. The van der Waals surface area contributed by atoms with E-state index in [4.69, 9.17) is 19.4 Å². The summed E-state index contributed by atoms with van der Waals surface area (Å²) in [6, 6.07) is 11.9. The fourth-order valence-electron chi connectivity index (χ4n) is 2.44. The maximum atomic E-state index is 5.27. The highest BCUT2D eigenvalue weighted by molar-refractivity contribution is 7.20. The lowest BCUT2D eigenvalue weighted by atomic mass is 10.3. The Hall–Kier alpha value is -2.18. The van der Waals surface area contributed by atoms with Crippen LogP contribution in [0.4, 0.5) is 0 Å². The van der Waals surface area contributed by atoms with Crippen LogP contribution in [0, 0.1) is 0 Å². The van der Waals surface area contributed by atoms with E-state index in [9.17, 15) is 0 Å². The largest absolute Gasteiger partial charge is 0.497 e. The predicted molar refractivity (Wildman–Crippen MR) is 95.2 cm³/mol. The minimum absolute atomic E-state index is 0.753. The van der Waals surface area contributed by atoms with Crippen LogP contribution in [-0.4, -0.2) is 24.2 Å². The summed E-state index contributed by atoms with van der Waals surface area (Å²) in [5, 5.41) is 2.14. The van der Waals surface area contributed by atoms with E-state index in [0.717, 1.165) is 48.4 Å². The van der Waals surface area contributed by atoms with Crippen molar-refractivity contribution in [1.29, 1.82) is 0 Å². The molecule has 116 valence electrons. The molecule has 0 radical (unpaired) electrons. The third-order valence-corrected chi connectivity index (χ3v) is 5.62. The number of fused-ring (bicyclic) bond motifs is 2. The van der Waals surface area contributed by atoms with Gasteiger partial charge in [0.1, 0.15) is 21.5 Å². The van der Waals surface area contributed by atoms with Crippen LogP contribution >= 0.6 is 22.7 Å². The van der Waals surface area contributed by atoms with E-state index >= 15 is 0 Å². The number of rotatable bonds is 4. The standard InChI is InChI=1S/C17H14N2O2S2/c1-20-10-3-5-12-14(7-10)22-16(18-12)9-17-19-13-6-4-11(21-2)8-15(13)23-17/h3-8H,9H2,1-2H3. The monoisotopic (exact) mass is 342 g/mol. The fraction of sp³-hybridized carbons (Fsp3) is 0.176. The zero-order valence-electron chi connectivity index (χ0n) is 12.7. The summed E-state index contributed by atoms with van der Waals surface area (Å²) in [5.74, 6) is 1.72. The second-order valence-electron chi connectivity index (χ2n) is 5.06. The first kappa shape index (κ1) is 14.4. The molecule has 2 heterocycles. The van der Waals surface area contributed by atoms with Gasteiger partial charge >= 0.3 is 0 Å². The van der Waals surface area contributed by atoms with E-state index in [-0.39, 0.29) is 0 Å². The number of hydrogen-bond donors (Lipinski definition) is 0. The number of aromatic nitrogens is 2. The van der Waals surface area contributed by atoms with Gasteiger partial charge in [0.2, 0.25) is 0 Å². The van der Waals surface area contributed by atoms with Crippen LogP contribution in [-0.2, 0) is 6.42 Å². The van der Waals surface area contributed by atoms with Crippen LogP contribution in [0.2, 0.25) is 0 Å². The van der Waals surface area contributed by atoms with Gasteiger partial charge in [-0.1, -0.05) is 0 Å². The summed E-state index contributed by atoms with van der Waals surface area (Å²) < 4.78 is 12.8. The van der Waals surface area contributed by atoms with Crippen molar-refractivity contribution in [2.24, 2.45) is 0 Å². The predicted octanol–water partition coefficient (Wildman–Crippen LogP) is 4.51. The number of ether oxygens (including phenoxy) is 2. The summed E-state index contributed by atoms with van der Waals surface area (Å²) in [4.78, 5) is 9.38. The molecule has 4 nitrogen and oxygen atoms in total. The summed E-state index contributed by atoms with van der Waals surface area (Å²) in [7, 11) is 3.36.